The summed E-state index contributed by atoms with van der Waals surface area (Å²) in [6, 6.07) is 9.09. The van der Waals surface area contributed by atoms with Gasteiger partial charge in [-0.1, -0.05) is 42.0 Å². The molecule has 30 heavy (non-hydrogen) atoms. The molecule has 0 saturated carbocycles. The van der Waals surface area contributed by atoms with Crippen LogP contribution in [0.1, 0.15) is 11.1 Å². The molecule has 0 radical (unpaired) electrons. The number of nitrogens with one attached hydrogen (secondary N) is 1. The zero-order valence-electron chi connectivity index (χ0n) is 16.4. The highest BCUT2D eigenvalue weighted by molar-refractivity contribution is 6.39. The first-order valence-electron chi connectivity index (χ1n) is 8.95. The summed E-state index contributed by atoms with van der Waals surface area (Å²) >= 11 is 6.28. The number of carbonyl (C=O) groups is 3. The fraction of sp³-hybridized carbons (Fsp3) is 0.136. The minimum Gasteiger partial charge on any atom is -0.493 e. The second-order valence-corrected chi connectivity index (χ2v) is 6.83. The number of nitrogens with zero attached hydrogens (tertiary/aromatic N) is 1. The van der Waals surface area contributed by atoms with Crippen LogP contribution in [0.15, 0.2) is 54.6 Å². The zero-order valence-corrected chi connectivity index (χ0v) is 17.2. The van der Waals surface area contributed by atoms with Gasteiger partial charge in [-0.15, -0.1) is 0 Å². The highest BCUT2D eigenvalue weighted by Crippen LogP contribution is 2.37. The maximum atomic E-state index is 13.0. The van der Waals surface area contributed by atoms with Gasteiger partial charge < -0.3 is 9.47 Å². The molecule has 2 aromatic rings. The number of hydrogen-bond donors (Lipinski definition) is 1. The fourth-order valence-electron chi connectivity index (χ4n) is 2.86. The maximum absolute atomic E-state index is 13.0. The lowest BCUT2D eigenvalue weighted by molar-refractivity contribution is -0.122. The Labute approximate surface area is 178 Å². The number of urea groups is 1. The summed E-state index contributed by atoms with van der Waals surface area (Å²) in [6.45, 7) is 5.70. The van der Waals surface area contributed by atoms with Gasteiger partial charge in [-0.3, -0.25) is 14.9 Å². The van der Waals surface area contributed by atoms with Crippen molar-refractivity contribution >= 4 is 41.2 Å². The molecule has 0 aromatic heterocycles. The Bertz CT molecular complexity index is 1060. The quantitative estimate of drug-likeness (QED) is 0.430. The normalized spacial score (nSPS) is 15.2. The summed E-state index contributed by atoms with van der Waals surface area (Å²) in [6.07, 6.45) is 2.91. The van der Waals surface area contributed by atoms with Gasteiger partial charge in [-0.05, 0) is 42.8 Å². The van der Waals surface area contributed by atoms with Crippen molar-refractivity contribution in [3.63, 3.8) is 0 Å². The van der Waals surface area contributed by atoms with E-state index in [1.807, 2.05) is 6.92 Å². The number of ether oxygens (including phenoxy) is 2. The lowest BCUT2D eigenvalue weighted by Crippen LogP contribution is -2.54. The number of imide groups is 2. The number of carbonyl (C=O) groups excluding carboxylic acids is 3. The predicted molar refractivity (Wildman–Crippen MR) is 114 cm³/mol. The molecule has 0 spiro atoms. The first-order chi connectivity index (χ1) is 14.3. The van der Waals surface area contributed by atoms with Gasteiger partial charge in [0.25, 0.3) is 11.8 Å². The average molecular weight is 427 g/mol. The van der Waals surface area contributed by atoms with Gasteiger partial charge >= 0.3 is 6.03 Å². The summed E-state index contributed by atoms with van der Waals surface area (Å²) in [5.41, 5.74) is 1.54. The predicted octanol–water partition coefficient (Wildman–Crippen LogP) is 3.89. The number of barbiturate groups is 1. The van der Waals surface area contributed by atoms with E-state index >= 15 is 0 Å². The smallest absolute Gasteiger partial charge is 0.335 e. The second-order valence-electron chi connectivity index (χ2n) is 6.43. The van der Waals surface area contributed by atoms with Crippen LogP contribution < -0.4 is 19.7 Å². The molecule has 8 heteroatoms. The molecule has 0 atom stereocenters. The third-order valence-electron chi connectivity index (χ3n) is 4.30. The number of anilines is 1. The molecule has 2 aromatic carbocycles. The zero-order chi connectivity index (χ0) is 21.8. The Hall–Kier alpha value is -3.58. The minimum absolute atomic E-state index is 0.215. The topological polar surface area (TPSA) is 84.9 Å². The van der Waals surface area contributed by atoms with Crippen molar-refractivity contribution in [1.29, 1.82) is 0 Å². The van der Waals surface area contributed by atoms with E-state index in [0.717, 1.165) is 10.5 Å². The fourth-order valence-corrected chi connectivity index (χ4v) is 3.13. The van der Waals surface area contributed by atoms with E-state index in [9.17, 15) is 14.4 Å². The molecule has 1 N–H and O–H groups in total. The number of rotatable bonds is 6. The van der Waals surface area contributed by atoms with Crippen molar-refractivity contribution in [2.75, 3.05) is 18.6 Å². The van der Waals surface area contributed by atoms with Crippen molar-refractivity contribution in [2.45, 2.75) is 6.92 Å². The SMILES string of the molecule is C=CCOc1c(Cl)cc(C=C2C(=O)NC(=O)N(c3ccc(C)cc3)C2=O)cc1OC. The first-order valence-corrected chi connectivity index (χ1v) is 9.33. The summed E-state index contributed by atoms with van der Waals surface area (Å²) in [7, 11) is 1.44. The number of amides is 4. The van der Waals surface area contributed by atoms with Gasteiger partial charge in [-0.2, -0.15) is 0 Å². The van der Waals surface area contributed by atoms with Crippen LogP contribution in [-0.2, 0) is 9.59 Å². The van der Waals surface area contributed by atoms with Crippen molar-refractivity contribution in [3.05, 3.63) is 70.8 Å². The van der Waals surface area contributed by atoms with Gasteiger partial charge in [0.15, 0.2) is 11.5 Å². The van der Waals surface area contributed by atoms with Gasteiger partial charge in [0.05, 0.1) is 17.8 Å². The third kappa shape index (κ3) is 4.21. The van der Waals surface area contributed by atoms with Crippen LogP contribution in [0.2, 0.25) is 5.02 Å². The van der Waals surface area contributed by atoms with Gasteiger partial charge in [0, 0.05) is 0 Å². The summed E-state index contributed by atoms with van der Waals surface area (Å²) in [4.78, 5) is 38.5. The largest absolute Gasteiger partial charge is 0.493 e. The van der Waals surface area contributed by atoms with Crippen molar-refractivity contribution in [3.8, 4) is 11.5 Å². The monoisotopic (exact) mass is 426 g/mol. The van der Waals surface area contributed by atoms with E-state index in [4.69, 9.17) is 21.1 Å². The Kier molecular flexibility index (Phi) is 6.23. The van der Waals surface area contributed by atoms with E-state index < -0.39 is 17.8 Å². The Balaban J connectivity index is 2.01. The maximum Gasteiger partial charge on any atom is 0.335 e. The summed E-state index contributed by atoms with van der Waals surface area (Å²) in [5, 5.41) is 2.42. The first kappa shape index (κ1) is 21.1. The molecule has 4 amide bonds. The van der Waals surface area contributed by atoms with Crippen LogP contribution in [0.3, 0.4) is 0 Å². The molecule has 7 nitrogen and oxygen atoms in total. The standard InChI is InChI=1S/C22H19ClN2O5/c1-4-9-30-19-17(23)11-14(12-18(19)29-3)10-16-20(26)24-22(28)25(21(16)27)15-7-5-13(2)6-8-15/h4-8,10-12H,1,9H2,2-3H3,(H,24,26,28). The van der Waals surface area contributed by atoms with Gasteiger partial charge in [0.1, 0.15) is 12.2 Å². The number of methoxy groups -OCH3 is 1. The number of halogens is 1. The van der Waals surface area contributed by atoms with Gasteiger partial charge in [-0.25, -0.2) is 9.69 Å². The average Bonchev–Trinajstić information content (AvgIpc) is 2.71. The van der Waals surface area contributed by atoms with Crippen LogP contribution in [-0.4, -0.2) is 31.6 Å². The Morgan fingerprint density at radius 3 is 2.50 bits per heavy atom. The Morgan fingerprint density at radius 1 is 1.17 bits per heavy atom. The third-order valence-corrected chi connectivity index (χ3v) is 4.58. The van der Waals surface area contributed by atoms with Crippen molar-refractivity contribution < 1.29 is 23.9 Å². The van der Waals surface area contributed by atoms with E-state index in [2.05, 4.69) is 11.9 Å². The summed E-state index contributed by atoms with van der Waals surface area (Å²) in [5.74, 6) is -0.895. The van der Waals surface area contributed by atoms with Gasteiger partial charge in [0.2, 0.25) is 0 Å². The number of hydrogen-bond acceptors (Lipinski definition) is 5. The van der Waals surface area contributed by atoms with E-state index in [0.29, 0.717) is 22.7 Å². The highest BCUT2D eigenvalue weighted by Gasteiger charge is 2.36. The van der Waals surface area contributed by atoms with Crippen LogP contribution in [0.25, 0.3) is 6.08 Å². The molecule has 1 aliphatic heterocycles. The van der Waals surface area contributed by atoms with Crippen molar-refractivity contribution in [2.24, 2.45) is 0 Å². The second kappa shape index (κ2) is 8.84. The van der Waals surface area contributed by atoms with Crippen LogP contribution in [0, 0.1) is 6.92 Å². The lowest BCUT2D eigenvalue weighted by atomic mass is 10.1. The number of benzene rings is 2. The van der Waals surface area contributed by atoms with E-state index in [1.165, 1.54) is 19.3 Å². The molecule has 1 fully saturated rings. The van der Waals surface area contributed by atoms with Crippen molar-refractivity contribution in [1.82, 2.24) is 5.32 Å². The molecule has 1 saturated heterocycles. The molecule has 154 valence electrons. The molecular weight excluding hydrogens is 408 g/mol. The summed E-state index contributed by atoms with van der Waals surface area (Å²) < 4.78 is 10.8. The lowest BCUT2D eigenvalue weighted by Gasteiger charge is -2.26. The Morgan fingerprint density at radius 2 is 1.87 bits per heavy atom. The molecular formula is C22H19ClN2O5. The van der Waals surface area contributed by atoms with Crippen LogP contribution in [0.5, 0.6) is 11.5 Å². The molecule has 0 bridgehead atoms. The van der Waals surface area contributed by atoms with Crippen LogP contribution >= 0.6 is 11.6 Å². The minimum atomic E-state index is -0.810. The molecule has 1 heterocycles. The highest BCUT2D eigenvalue weighted by atomic mass is 35.5. The van der Waals surface area contributed by atoms with E-state index in [1.54, 1.807) is 36.4 Å². The van der Waals surface area contributed by atoms with E-state index in [-0.39, 0.29) is 17.2 Å². The molecule has 1 aliphatic rings. The van der Waals surface area contributed by atoms with Crippen LogP contribution in [0.4, 0.5) is 10.5 Å². The molecule has 0 unspecified atom stereocenters. The number of aryl methyl sites for hydroxylation is 1. The molecule has 3 rings (SSSR count). The molecule has 0 aliphatic carbocycles.